The molecular formula is C14H17NO4. The number of rotatable bonds is 4. The van der Waals surface area contributed by atoms with Crippen LogP contribution in [0.5, 0.6) is 0 Å². The maximum atomic E-state index is 11.5. The summed E-state index contributed by atoms with van der Waals surface area (Å²) in [6.07, 6.45) is 0.732. The molecular weight excluding hydrogens is 246 g/mol. The van der Waals surface area contributed by atoms with Gasteiger partial charge in [-0.2, -0.15) is 0 Å². The predicted octanol–water partition coefficient (Wildman–Crippen LogP) is 1.22. The summed E-state index contributed by atoms with van der Waals surface area (Å²) in [4.78, 5) is 24.7. The van der Waals surface area contributed by atoms with E-state index in [1.807, 2.05) is 24.1 Å². The van der Waals surface area contributed by atoms with Crippen LogP contribution in [0.4, 0.5) is 0 Å². The van der Waals surface area contributed by atoms with Crippen molar-refractivity contribution in [2.75, 3.05) is 20.8 Å². The van der Waals surface area contributed by atoms with Gasteiger partial charge in [-0.15, -0.1) is 0 Å². The maximum absolute atomic E-state index is 11.5. The molecule has 0 N–H and O–H groups in total. The summed E-state index contributed by atoms with van der Waals surface area (Å²) in [7, 11) is 3.25. The SMILES string of the molecule is COC(=O)c1ccc(CN(C)C2CCOC2=O)cc1. The average Bonchev–Trinajstić information content (AvgIpc) is 2.85. The molecule has 0 saturated carbocycles. The van der Waals surface area contributed by atoms with E-state index >= 15 is 0 Å². The third-order valence-corrected chi connectivity index (χ3v) is 3.25. The van der Waals surface area contributed by atoms with Crippen LogP contribution >= 0.6 is 0 Å². The maximum Gasteiger partial charge on any atom is 0.337 e. The van der Waals surface area contributed by atoms with Crippen LogP contribution in [0.25, 0.3) is 0 Å². The van der Waals surface area contributed by atoms with E-state index in [-0.39, 0.29) is 18.0 Å². The van der Waals surface area contributed by atoms with Crippen molar-refractivity contribution in [3.63, 3.8) is 0 Å². The summed E-state index contributed by atoms with van der Waals surface area (Å²) in [6.45, 7) is 1.14. The smallest absolute Gasteiger partial charge is 0.337 e. The standard InChI is InChI=1S/C14H17NO4/c1-15(12-7-8-19-14(12)17)9-10-3-5-11(6-4-10)13(16)18-2/h3-6,12H,7-9H2,1-2H3. The van der Waals surface area contributed by atoms with Crippen LogP contribution in [-0.2, 0) is 20.8 Å². The summed E-state index contributed by atoms with van der Waals surface area (Å²) >= 11 is 0. The van der Waals surface area contributed by atoms with Crippen molar-refractivity contribution in [2.45, 2.75) is 19.0 Å². The van der Waals surface area contributed by atoms with E-state index in [0.717, 1.165) is 12.0 Å². The lowest BCUT2D eigenvalue weighted by molar-refractivity contribution is -0.142. The van der Waals surface area contributed by atoms with Crippen LogP contribution in [0.3, 0.4) is 0 Å². The van der Waals surface area contributed by atoms with E-state index in [2.05, 4.69) is 4.74 Å². The number of hydrogen-bond donors (Lipinski definition) is 0. The summed E-state index contributed by atoms with van der Waals surface area (Å²) in [5, 5.41) is 0. The molecule has 0 spiro atoms. The number of nitrogens with zero attached hydrogens (tertiary/aromatic N) is 1. The minimum Gasteiger partial charge on any atom is -0.465 e. The molecule has 1 heterocycles. The van der Waals surface area contributed by atoms with Crippen molar-refractivity contribution in [3.8, 4) is 0 Å². The van der Waals surface area contributed by atoms with Crippen molar-refractivity contribution in [1.82, 2.24) is 4.90 Å². The van der Waals surface area contributed by atoms with Crippen molar-refractivity contribution in [3.05, 3.63) is 35.4 Å². The molecule has 0 aromatic heterocycles. The zero-order valence-electron chi connectivity index (χ0n) is 11.1. The highest BCUT2D eigenvalue weighted by molar-refractivity contribution is 5.89. The highest BCUT2D eigenvalue weighted by atomic mass is 16.5. The van der Waals surface area contributed by atoms with Gasteiger partial charge in [-0.1, -0.05) is 12.1 Å². The van der Waals surface area contributed by atoms with Crippen LogP contribution < -0.4 is 0 Å². The topological polar surface area (TPSA) is 55.8 Å². The van der Waals surface area contributed by atoms with Gasteiger partial charge in [0.15, 0.2) is 0 Å². The molecule has 5 heteroatoms. The number of carbonyl (C=O) groups excluding carboxylic acids is 2. The Bertz CT molecular complexity index is 469. The van der Waals surface area contributed by atoms with Crippen LogP contribution in [0.2, 0.25) is 0 Å². The number of benzene rings is 1. The Morgan fingerprint density at radius 2 is 2.11 bits per heavy atom. The Balaban J connectivity index is 1.99. The van der Waals surface area contributed by atoms with Crippen molar-refractivity contribution in [1.29, 1.82) is 0 Å². The zero-order valence-corrected chi connectivity index (χ0v) is 11.1. The Morgan fingerprint density at radius 3 is 2.63 bits per heavy atom. The van der Waals surface area contributed by atoms with E-state index in [1.54, 1.807) is 12.1 Å². The monoisotopic (exact) mass is 263 g/mol. The second-order valence-corrected chi connectivity index (χ2v) is 4.58. The molecule has 0 aliphatic carbocycles. The van der Waals surface area contributed by atoms with Gasteiger partial charge in [0.05, 0.1) is 19.3 Å². The normalized spacial score (nSPS) is 18.5. The first kappa shape index (κ1) is 13.5. The number of likely N-dealkylation sites (N-methyl/N-ethyl adjacent to an activating group) is 1. The Morgan fingerprint density at radius 1 is 1.42 bits per heavy atom. The van der Waals surface area contributed by atoms with E-state index in [0.29, 0.717) is 18.7 Å². The molecule has 1 unspecified atom stereocenters. The van der Waals surface area contributed by atoms with Gasteiger partial charge in [-0.25, -0.2) is 4.79 Å². The summed E-state index contributed by atoms with van der Waals surface area (Å²) in [5.74, 6) is -0.507. The molecule has 1 aliphatic rings. The molecule has 0 amide bonds. The van der Waals surface area contributed by atoms with Crippen LogP contribution in [0.1, 0.15) is 22.3 Å². The molecule has 0 radical (unpaired) electrons. The second kappa shape index (κ2) is 5.84. The number of carbonyl (C=O) groups is 2. The second-order valence-electron chi connectivity index (χ2n) is 4.58. The molecule has 1 fully saturated rings. The Kier molecular flexibility index (Phi) is 4.16. The number of cyclic esters (lactones) is 1. The van der Waals surface area contributed by atoms with Gasteiger partial charge in [-0.3, -0.25) is 9.69 Å². The first-order valence-corrected chi connectivity index (χ1v) is 6.16. The molecule has 2 rings (SSSR count). The highest BCUT2D eigenvalue weighted by Crippen LogP contribution is 2.16. The van der Waals surface area contributed by atoms with Gasteiger partial charge in [0.2, 0.25) is 0 Å². The number of ether oxygens (including phenoxy) is 2. The van der Waals surface area contributed by atoms with E-state index in [4.69, 9.17) is 4.74 Å². The fourth-order valence-corrected chi connectivity index (χ4v) is 2.15. The molecule has 19 heavy (non-hydrogen) atoms. The summed E-state index contributed by atoms with van der Waals surface area (Å²) < 4.78 is 9.59. The van der Waals surface area contributed by atoms with Gasteiger partial charge >= 0.3 is 11.9 Å². The molecule has 1 aromatic carbocycles. The molecule has 1 saturated heterocycles. The summed E-state index contributed by atoms with van der Waals surface area (Å²) in [6, 6.07) is 7.01. The van der Waals surface area contributed by atoms with Gasteiger partial charge in [0.1, 0.15) is 6.04 Å². The lowest BCUT2D eigenvalue weighted by atomic mass is 10.1. The number of methoxy groups -OCH3 is 1. The molecule has 1 aliphatic heterocycles. The number of esters is 2. The van der Waals surface area contributed by atoms with Crippen molar-refractivity contribution in [2.24, 2.45) is 0 Å². The third kappa shape index (κ3) is 3.12. The summed E-state index contributed by atoms with van der Waals surface area (Å²) in [5.41, 5.74) is 1.56. The van der Waals surface area contributed by atoms with E-state index in [1.165, 1.54) is 7.11 Å². The van der Waals surface area contributed by atoms with Crippen LogP contribution in [0.15, 0.2) is 24.3 Å². The molecule has 102 valence electrons. The average molecular weight is 263 g/mol. The van der Waals surface area contributed by atoms with Gasteiger partial charge in [0.25, 0.3) is 0 Å². The quantitative estimate of drug-likeness (QED) is 0.764. The largest absolute Gasteiger partial charge is 0.465 e. The first-order valence-electron chi connectivity index (χ1n) is 6.16. The van der Waals surface area contributed by atoms with Crippen LogP contribution in [-0.4, -0.2) is 43.6 Å². The fourth-order valence-electron chi connectivity index (χ4n) is 2.15. The highest BCUT2D eigenvalue weighted by Gasteiger charge is 2.29. The van der Waals surface area contributed by atoms with Crippen molar-refractivity contribution < 1.29 is 19.1 Å². The van der Waals surface area contributed by atoms with Crippen LogP contribution in [0, 0.1) is 0 Å². The minimum atomic E-state index is -0.348. The molecule has 0 bridgehead atoms. The van der Waals surface area contributed by atoms with E-state index < -0.39 is 0 Å². The predicted molar refractivity (Wildman–Crippen MR) is 68.6 cm³/mol. The minimum absolute atomic E-state index is 0.159. The van der Waals surface area contributed by atoms with Gasteiger partial charge in [0, 0.05) is 13.0 Å². The van der Waals surface area contributed by atoms with E-state index in [9.17, 15) is 9.59 Å². The molecule has 5 nitrogen and oxygen atoms in total. The lowest BCUT2D eigenvalue weighted by Crippen LogP contribution is -2.34. The zero-order chi connectivity index (χ0) is 13.8. The fraction of sp³-hybridized carbons (Fsp3) is 0.429. The lowest BCUT2D eigenvalue weighted by Gasteiger charge is -2.20. The van der Waals surface area contributed by atoms with Gasteiger partial charge in [-0.05, 0) is 24.7 Å². The molecule has 1 aromatic rings. The number of hydrogen-bond acceptors (Lipinski definition) is 5. The van der Waals surface area contributed by atoms with Gasteiger partial charge < -0.3 is 9.47 Å². The van der Waals surface area contributed by atoms with Crippen molar-refractivity contribution >= 4 is 11.9 Å². The Hall–Kier alpha value is -1.88. The Labute approximate surface area is 112 Å². The third-order valence-electron chi connectivity index (χ3n) is 3.25. The molecule has 1 atom stereocenters. The first-order chi connectivity index (χ1) is 9.11.